The van der Waals surface area contributed by atoms with E-state index < -0.39 is 0 Å². The van der Waals surface area contributed by atoms with Crippen LogP contribution in [0.1, 0.15) is 37.4 Å². The van der Waals surface area contributed by atoms with Crippen molar-refractivity contribution in [3.63, 3.8) is 0 Å². The zero-order chi connectivity index (χ0) is 14.4. The molecule has 2 aromatic rings. The molecule has 1 aromatic carbocycles. The van der Waals surface area contributed by atoms with Crippen molar-refractivity contribution in [2.75, 3.05) is 12.4 Å². The number of hydrogen-bond donors (Lipinski definition) is 1. The van der Waals surface area contributed by atoms with E-state index in [2.05, 4.69) is 36.3 Å². The minimum atomic E-state index is 0.489. The van der Waals surface area contributed by atoms with E-state index >= 15 is 0 Å². The fourth-order valence-electron chi connectivity index (χ4n) is 2.09. The molecule has 0 aliphatic carbocycles. The summed E-state index contributed by atoms with van der Waals surface area (Å²) in [6.07, 6.45) is 1.11. The van der Waals surface area contributed by atoms with E-state index in [-0.39, 0.29) is 0 Å². The van der Waals surface area contributed by atoms with Gasteiger partial charge in [-0.25, -0.2) is 4.98 Å². The first-order valence-corrected chi connectivity index (χ1v) is 7.10. The molecule has 0 bridgehead atoms. The first-order chi connectivity index (χ1) is 9.74. The van der Waals surface area contributed by atoms with Crippen LogP contribution in [0.3, 0.4) is 0 Å². The second-order valence-corrected chi connectivity index (χ2v) is 4.90. The molecule has 0 spiro atoms. The Bertz CT molecular complexity index is 554. The van der Waals surface area contributed by atoms with Gasteiger partial charge >= 0.3 is 0 Å². The lowest BCUT2D eigenvalue weighted by atomic mass is 9.98. The van der Waals surface area contributed by atoms with Gasteiger partial charge in [0.2, 0.25) is 0 Å². The molecule has 3 nitrogen and oxygen atoms in total. The van der Waals surface area contributed by atoms with Crippen molar-refractivity contribution in [2.24, 2.45) is 0 Å². The zero-order valence-electron chi connectivity index (χ0n) is 12.4. The highest BCUT2D eigenvalue weighted by Gasteiger charge is 2.09. The van der Waals surface area contributed by atoms with Crippen LogP contribution in [0.5, 0.6) is 5.75 Å². The number of aromatic nitrogens is 1. The fourth-order valence-corrected chi connectivity index (χ4v) is 2.09. The number of ether oxygens (including phenoxy) is 1. The Morgan fingerprint density at radius 3 is 2.70 bits per heavy atom. The van der Waals surface area contributed by atoms with Crippen LogP contribution in [0.25, 0.3) is 0 Å². The molecule has 1 aromatic heterocycles. The molecule has 1 unspecified atom stereocenters. The van der Waals surface area contributed by atoms with E-state index in [1.165, 1.54) is 5.56 Å². The number of pyridine rings is 1. The number of benzene rings is 1. The Morgan fingerprint density at radius 1 is 1.15 bits per heavy atom. The lowest BCUT2D eigenvalue weighted by molar-refractivity contribution is 0.296. The van der Waals surface area contributed by atoms with Crippen molar-refractivity contribution in [1.82, 2.24) is 4.98 Å². The summed E-state index contributed by atoms with van der Waals surface area (Å²) in [5, 5.41) is 3.04. The molecule has 0 amide bonds. The first kappa shape index (κ1) is 14.4. The SMILES string of the molecule is CCC(C)c1ccccc1OCc1cccc(NC)n1. The van der Waals surface area contributed by atoms with Gasteiger partial charge in [-0.3, -0.25) is 0 Å². The van der Waals surface area contributed by atoms with Crippen LogP contribution < -0.4 is 10.1 Å². The van der Waals surface area contributed by atoms with Gasteiger partial charge in [-0.2, -0.15) is 0 Å². The highest BCUT2D eigenvalue weighted by atomic mass is 16.5. The predicted molar refractivity (Wildman–Crippen MR) is 83.3 cm³/mol. The summed E-state index contributed by atoms with van der Waals surface area (Å²) in [6.45, 7) is 4.91. The standard InChI is InChI=1S/C17H22N2O/c1-4-13(2)15-9-5-6-10-16(15)20-12-14-8-7-11-17(18-3)19-14/h5-11,13H,4,12H2,1-3H3,(H,18,19). The average Bonchev–Trinajstić information content (AvgIpc) is 2.52. The van der Waals surface area contributed by atoms with Crippen LogP contribution >= 0.6 is 0 Å². The summed E-state index contributed by atoms with van der Waals surface area (Å²) < 4.78 is 5.96. The normalized spacial score (nSPS) is 11.9. The maximum absolute atomic E-state index is 5.96. The summed E-state index contributed by atoms with van der Waals surface area (Å²) in [6, 6.07) is 14.2. The Balaban J connectivity index is 2.10. The Morgan fingerprint density at radius 2 is 1.95 bits per heavy atom. The number of hydrogen-bond acceptors (Lipinski definition) is 3. The zero-order valence-corrected chi connectivity index (χ0v) is 12.4. The molecule has 2 rings (SSSR count). The second kappa shape index (κ2) is 6.94. The first-order valence-electron chi connectivity index (χ1n) is 7.10. The van der Waals surface area contributed by atoms with E-state index in [9.17, 15) is 0 Å². The Hall–Kier alpha value is -2.03. The van der Waals surface area contributed by atoms with E-state index in [1.54, 1.807) is 0 Å². The third kappa shape index (κ3) is 3.50. The van der Waals surface area contributed by atoms with Gasteiger partial charge in [0.25, 0.3) is 0 Å². The van der Waals surface area contributed by atoms with Gasteiger partial charge in [0.05, 0.1) is 5.69 Å². The minimum Gasteiger partial charge on any atom is -0.487 e. The summed E-state index contributed by atoms with van der Waals surface area (Å²) in [4.78, 5) is 4.46. The molecule has 0 fully saturated rings. The molecule has 1 N–H and O–H groups in total. The third-order valence-electron chi connectivity index (χ3n) is 3.50. The van der Waals surface area contributed by atoms with Crippen molar-refractivity contribution in [1.29, 1.82) is 0 Å². The highest BCUT2D eigenvalue weighted by Crippen LogP contribution is 2.28. The maximum atomic E-state index is 5.96. The monoisotopic (exact) mass is 270 g/mol. The van der Waals surface area contributed by atoms with Gasteiger partial charge < -0.3 is 10.1 Å². The molecule has 20 heavy (non-hydrogen) atoms. The van der Waals surface area contributed by atoms with Gasteiger partial charge in [0.1, 0.15) is 18.2 Å². The fraction of sp³-hybridized carbons (Fsp3) is 0.353. The summed E-state index contributed by atoms with van der Waals surface area (Å²) in [5.41, 5.74) is 2.19. The molecule has 0 radical (unpaired) electrons. The van der Waals surface area contributed by atoms with Crippen molar-refractivity contribution in [2.45, 2.75) is 32.8 Å². The van der Waals surface area contributed by atoms with Crippen LogP contribution in [0.15, 0.2) is 42.5 Å². The number of para-hydroxylation sites is 1. The lowest BCUT2D eigenvalue weighted by Gasteiger charge is -2.15. The molecule has 1 atom stereocenters. The van der Waals surface area contributed by atoms with Crippen molar-refractivity contribution in [3.05, 3.63) is 53.7 Å². The average molecular weight is 270 g/mol. The van der Waals surface area contributed by atoms with Crippen LogP contribution in [-0.4, -0.2) is 12.0 Å². The molecule has 0 saturated heterocycles. The van der Waals surface area contributed by atoms with Crippen LogP contribution in [0.4, 0.5) is 5.82 Å². The molecular weight excluding hydrogens is 248 g/mol. The maximum Gasteiger partial charge on any atom is 0.130 e. The molecule has 0 saturated carbocycles. The molecule has 0 aliphatic rings. The quantitative estimate of drug-likeness (QED) is 0.853. The largest absolute Gasteiger partial charge is 0.487 e. The highest BCUT2D eigenvalue weighted by molar-refractivity contribution is 5.37. The van der Waals surface area contributed by atoms with E-state index in [0.29, 0.717) is 12.5 Å². The van der Waals surface area contributed by atoms with Gasteiger partial charge in [-0.1, -0.05) is 38.1 Å². The summed E-state index contributed by atoms with van der Waals surface area (Å²) in [7, 11) is 1.87. The molecule has 106 valence electrons. The van der Waals surface area contributed by atoms with Crippen molar-refractivity contribution >= 4 is 5.82 Å². The van der Waals surface area contributed by atoms with E-state index in [4.69, 9.17) is 4.74 Å². The topological polar surface area (TPSA) is 34.1 Å². The predicted octanol–water partition coefficient (Wildman–Crippen LogP) is 4.22. The van der Waals surface area contributed by atoms with Crippen LogP contribution in [0.2, 0.25) is 0 Å². The van der Waals surface area contributed by atoms with Gasteiger partial charge in [0, 0.05) is 7.05 Å². The van der Waals surface area contributed by atoms with Crippen LogP contribution in [0, 0.1) is 0 Å². The van der Waals surface area contributed by atoms with E-state index in [0.717, 1.165) is 23.7 Å². The number of anilines is 1. The Kier molecular flexibility index (Phi) is 4.99. The van der Waals surface area contributed by atoms with Gasteiger partial charge in [-0.05, 0) is 36.1 Å². The third-order valence-corrected chi connectivity index (χ3v) is 3.50. The second-order valence-electron chi connectivity index (χ2n) is 4.90. The minimum absolute atomic E-state index is 0.489. The molecule has 3 heteroatoms. The van der Waals surface area contributed by atoms with Gasteiger partial charge in [0.15, 0.2) is 0 Å². The van der Waals surface area contributed by atoms with E-state index in [1.807, 2.05) is 37.4 Å². The van der Waals surface area contributed by atoms with Crippen molar-refractivity contribution < 1.29 is 4.74 Å². The van der Waals surface area contributed by atoms with Crippen molar-refractivity contribution in [3.8, 4) is 5.75 Å². The molecule has 1 heterocycles. The number of nitrogens with one attached hydrogen (secondary N) is 1. The summed E-state index contributed by atoms with van der Waals surface area (Å²) in [5.74, 6) is 2.32. The van der Waals surface area contributed by atoms with Gasteiger partial charge in [-0.15, -0.1) is 0 Å². The van der Waals surface area contributed by atoms with Crippen LogP contribution in [-0.2, 0) is 6.61 Å². The lowest BCUT2D eigenvalue weighted by Crippen LogP contribution is -2.03. The molecule has 0 aliphatic heterocycles. The number of nitrogens with zero attached hydrogens (tertiary/aromatic N) is 1. The number of rotatable bonds is 6. The smallest absolute Gasteiger partial charge is 0.130 e. The summed E-state index contributed by atoms with van der Waals surface area (Å²) >= 11 is 0. The Labute approximate surface area is 121 Å². The molecular formula is C17H22N2O.